The van der Waals surface area contributed by atoms with Crippen molar-refractivity contribution < 1.29 is 18.3 Å². The molecule has 6 heteroatoms. The number of rotatable bonds is 7. The molecule has 2 aliphatic rings. The molecule has 4 rings (SSSR count). The van der Waals surface area contributed by atoms with E-state index in [-0.39, 0.29) is 24.1 Å². The molecule has 2 unspecified atom stereocenters. The van der Waals surface area contributed by atoms with Crippen LogP contribution in [0.1, 0.15) is 36.8 Å². The van der Waals surface area contributed by atoms with Crippen molar-refractivity contribution in [3.63, 3.8) is 0 Å². The van der Waals surface area contributed by atoms with Crippen molar-refractivity contribution in [3.8, 4) is 5.75 Å². The summed E-state index contributed by atoms with van der Waals surface area (Å²) in [6, 6.07) is 18.0. The Kier molecular flexibility index (Phi) is 6.09. The van der Waals surface area contributed by atoms with Crippen LogP contribution in [0.2, 0.25) is 0 Å². The van der Waals surface area contributed by atoms with E-state index in [0.717, 1.165) is 19.4 Å². The lowest BCUT2D eigenvalue weighted by molar-refractivity contribution is -0.121. The highest BCUT2D eigenvalue weighted by Crippen LogP contribution is 2.36. The van der Waals surface area contributed by atoms with E-state index < -0.39 is 6.61 Å². The summed E-state index contributed by atoms with van der Waals surface area (Å²) >= 11 is 0. The van der Waals surface area contributed by atoms with E-state index in [9.17, 15) is 13.6 Å². The topological polar surface area (TPSA) is 41.6 Å². The maximum absolute atomic E-state index is 12.5. The van der Waals surface area contributed by atoms with Crippen LogP contribution in [0.15, 0.2) is 54.6 Å². The number of ether oxygens (including phenoxy) is 1. The van der Waals surface area contributed by atoms with Crippen LogP contribution < -0.4 is 10.1 Å². The number of hydrogen-bond donors (Lipinski definition) is 1. The van der Waals surface area contributed by atoms with Gasteiger partial charge >= 0.3 is 6.61 Å². The van der Waals surface area contributed by atoms with E-state index in [1.54, 1.807) is 12.1 Å². The minimum absolute atomic E-state index is 0.0693. The molecule has 2 aliphatic heterocycles. The van der Waals surface area contributed by atoms with Crippen LogP contribution in [-0.4, -0.2) is 35.5 Å². The van der Waals surface area contributed by atoms with Gasteiger partial charge in [-0.15, -0.1) is 0 Å². The van der Waals surface area contributed by atoms with Crippen LogP contribution in [0, 0.1) is 0 Å². The number of nitrogens with one attached hydrogen (secondary N) is 1. The van der Waals surface area contributed by atoms with E-state index in [2.05, 4.69) is 39.2 Å². The molecule has 0 aromatic heterocycles. The first kappa shape index (κ1) is 19.8. The number of piperidine rings is 1. The van der Waals surface area contributed by atoms with Crippen LogP contribution >= 0.6 is 0 Å². The fourth-order valence-electron chi connectivity index (χ4n) is 4.74. The lowest BCUT2D eigenvalue weighted by atomic mass is 9.96. The quantitative estimate of drug-likeness (QED) is 0.760. The average Bonchev–Trinajstić information content (AvgIpc) is 2.91. The van der Waals surface area contributed by atoms with Crippen molar-refractivity contribution in [2.75, 3.05) is 0 Å². The summed E-state index contributed by atoms with van der Waals surface area (Å²) in [5, 5.41) is 3.16. The fourth-order valence-corrected chi connectivity index (χ4v) is 4.74. The van der Waals surface area contributed by atoms with Crippen molar-refractivity contribution >= 4 is 5.91 Å². The zero-order valence-corrected chi connectivity index (χ0v) is 16.3. The molecule has 2 aromatic carbocycles. The minimum Gasteiger partial charge on any atom is -0.435 e. The third-order valence-corrected chi connectivity index (χ3v) is 5.95. The fraction of sp³-hybridized carbons (Fsp3) is 0.435. The Labute approximate surface area is 169 Å². The Morgan fingerprint density at radius 3 is 2.41 bits per heavy atom. The van der Waals surface area contributed by atoms with Gasteiger partial charge in [0.15, 0.2) is 0 Å². The molecule has 1 N–H and O–H groups in total. The summed E-state index contributed by atoms with van der Waals surface area (Å²) in [6.45, 7) is -1.90. The van der Waals surface area contributed by atoms with Gasteiger partial charge in [-0.05, 0) is 48.9 Å². The molecule has 154 valence electrons. The van der Waals surface area contributed by atoms with Gasteiger partial charge in [0.1, 0.15) is 5.75 Å². The largest absolute Gasteiger partial charge is 0.435 e. The Morgan fingerprint density at radius 2 is 1.72 bits per heavy atom. The van der Waals surface area contributed by atoms with Gasteiger partial charge in [0.25, 0.3) is 0 Å². The molecule has 2 heterocycles. The number of carbonyl (C=O) groups excluding carboxylic acids is 1. The van der Waals surface area contributed by atoms with Gasteiger partial charge in [-0.25, -0.2) is 0 Å². The molecular formula is C23H26F2N2O2. The van der Waals surface area contributed by atoms with Gasteiger partial charge in [0.05, 0.1) is 6.42 Å². The van der Waals surface area contributed by atoms with Gasteiger partial charge in [0, 0.05) is 24.7 Å². The van der Waals surface area contributed by atoms with Crippen LogP contribution in [0.3, 0.4) is 0 Å². The highest BCUT2D eigenvalue weighted by atomic mass is 19.3. The second kappa shape index (κ2) is 8.91. The van der Waals surface area contributed by atoms with E-state index in [4.69, 9.17) is 0 Å². The molecule has 2 saturated heterocycles. The number of amides is 1. The maximum Gasteiger partial charge on any atom is 0.387 e. The SMILES string of the molecule is O=C(Cc1cccc(OC(F)F)c1)NC1CC2CCC(C1)N2Cc1ccccc1. The monoisotopic (exact) mass is 400 g/mol. The number of benzene rings is 2. The first-order valence-corrected chi connectivity index (χ1v) is 10.2. The minimum atomic E-state index is -2.87. The third kappa shape index (κ3) is 5.12. The zero-order chi connectivity index (χ0) is 20.2. The van der Waals surface area contributed by atoms with E-state index in [1.807, 2.05) is 6.07 Å². The lowest BCUT2D eigenvalue weighted by Crippen LogP contribution is -2.50. The van der Waals surface area contributed by atoms with Crippen molar-refractivity contribution in [1.82, 2.24) is 10.2 Å². The predicted molar refractivity (Wildman–Crippen MR) is 107 cm³/mol. The first-order chi connectivity index (χ1) is 14.1. The lowest BCUT2D eigenvalue weighted by Gasteiger charge is -2.39. The molecule has 1 amide bonds. The zero-order valence-electron chi connectivity index (χ0n) is 16.3. The second-order valence-electron chi connectivity index (χ2n) is 7.98. The molecular weight excluding hydrogens is 374 g/mol. The normalized spacial score (nSPS) is 23.9. The molecule has 2 atom stereocenters. The summed E-state index contributed by atoms with van der Waals surface area (Å²) in [5.74, 6) is 0.0117. The van der Waals surface area contributed by atoms with E-state index in [0.29, 0.717) is 17.6 Å². The Balaban J connectivity index is 1.30. The second-order valence-corrected chi connectivity index (χ2v) is 7.98. The smallest absolute Gasteiger partial charge is 0.387 e. The predicted octanol–water partition coefficient (Wildman–Crippen LogP) is 4.14. The highest BCUT2D eigenvalue weighted by Gasteiger charge is 2.40. The van der Waals surface area contributed by atoms with Crippen LogP contribution in [0.25, 0.3) is 0 Å². The molecule has 2 bridgehead atoms. The number of carbonyl (C=O) groups is 1. The van der Waals surface area contributed by atoms with E-state index in [1.165, 1.54) is 30.5 Å². The van der Waals surface area contributed by atoms with Gasteiger partial charge in [-0.3, -0.25) is 9.69 Å². The standard InChI is InChI=1S/C23H26F2N2O2/c24-23(25)29-21-8-4-7-17(11-21)12-22(28)26-18-13-19-9-10-20(14-18)27(19)15-16-5-2-1-3-6-16/h1-8,11,18-20,23H,9-10,12-15H2,(H,26,28). The third-order valence-electron chi connectivity index (χ3n) is 5.95. The molecule has 2 fully saturated rings. The molecule has 0 spiro atoms. The van der Waals surface area contributed by atoms with Crippen molar-refractivity contribution in [2.45, 2.75) is 63.4 Å². The molecule has 0 aliphatic carbocycles. The van der Waals surface area contributed by atoms with Gasteiger partial charge in [-0.1, -0.05) is 42.5 Å². The van der Waals surface area contributed by atoms with Crippen molar-refractivity contribution in [3.05, 3.63) is 65.7 Å². The van der Waals surface area contributed by atoms with E-state index >= 15 is 0 Å². The number of halogens is 2. The number of hydrogen-bond acceptors (Lipinski definition) is 3. The molecule has 2 aromatic rings. The van der Waals surface area contributed by atoms with Crippen LogP contribution in [0.4, 0.5) is 8.78 Å². The Hall–Kier alpha value is -2.47. The van der Waals surface area contributed by atoms with Crippen LogP contribution in [0.5, 0.6) is 5.75 Å². The summed E-state index contributed by atoms with van der Waals surface area (Å²) in [4.78, 5) is 15.1. The number of alkyl halides is 2. The summed E-state index contributed by atoms with van der Waals surface area (Å²) in [6.07, 6.45) is 4.45. The maximum atomic E-state index is 12.5. The average molecular weight is 400 g/mol. The Morgan fingerprint density at radius 1 is 1.03 bits per heavy atom. The van der Waals surface area contributed by atoms with Gasteiger partial charge in [0.2, 0.25) is 5.91 Å². The van der Waals surface area contributed by atoms with Gasteiger partial charge < -0.3 is 10.1 Å². The van der Waals surface area contributed by atoms with Crippen molar-refractivity contribution in [1.29, 1.82) is 0 Å². The molecule has 29 heavy (non-hydrogen) atoms. The summed E-state index contributed by atoms with van der Waals surface area (Å²) in [5.41, 5.74) is 2.00. The first-order valence-electron chi connectivity index (χ1n) is 10.2. The number of nitrogens with zero attached hydrogens (tertiary/aromatic N) is 1. The number of fused-ring (bicyclic) bond motifs is 2. The Bertz CT molecular complexity index is 817. The van der Waals surface area contributed by atoms with Crippen molar-refractivity contribution in [2.24, 2.45) is 0 Å². The summed E-state index contributed by atoms with van der Waals surface area (Å²) < 4.78 is 29.1. The van der Waals surface area contributed by atoms with Gasteiger partial charge in [-0.2, -0.15) is 8.78 Å². The van der Waals surface area contributed by atoms with Crippen LogP contribution in [-0.2, 0) is 17.8 Å². The molecule has 0 saturated carbocycles. The highest BCUT2D eigenvalue weighted by molar-refractivity contribution is 5.79. The molecule has 0 radical (unpaired) electrons. The molecule has 4 nitrogen and oxygen atoms in total. The summed E-state index contributed by atoms with van der Waals surface area (Å²) in [7, 11) is 0.